The Morgan fingerprint density at radius 2 is 1.91 bits per heavy atom. The highest BCUT2D eigenvalue weighted by atomic mass is 32.2. The van der Waals surface area contributed by atoms with Crippen LogP contribution < -0.4 is 15.2 Å². The number of benzene rings is 1. The Morgan fingerprint density at radius 3 is 2.50 bits per heavy atom. The highest BCUT2D eigenvalue weighted by Crippen LogP contribution is 2.38. The van der Waals surface area contributed by atoms with Crippen LogP contribution in [0.25, 0.3) is 0 Å². The number of nitrogens with two attached hydrogens (primary N) is 1. The van der Waals surface area contributed by atoms with Gasteiger partial charge < -0.3 is 20.1 Å². The van der Waals surface area contributed by atoms with Crippen molar-refractivity contribution in [2.45, 2.75) is 43.7 Å². The largest absolute Gasteiger partial charge is 0.493 e. The molecule has 182 valence electrons. The van der Waals surface area contributed by atoms with Crippen LogP contribution in [0.5, 0.6) is 11.5 Å². The first-order valence-corrected chi connectivity index (χ1v) is 14.6. The van der Waals surface area contributed by atoms with Crippen molar-refractivity contribution in [3.63, 3.8) is 0 Å². The number of methoxy groups -OCH3 is 1. The lowest BCUT2D eigenvalue weighted by Gasteiger charge is -2.31. The van der Waals surface area contributed by atoms with Crippen molar-refractivity contribution in [3.8, 4) is 11.5 Å². The van der Waals surface area contributed by atoms with E-state index in [-0.39, 0.29) is 25.2 Å². The molecule has 0 bridgehead atoms. The molecule has 1 atom stereocenters. The van der Waals surface area contributed by atoms with Gasteiger partial charge in [-0.1, -0.05) is 13.8 Å². The number of rotatable bonds is 13. The number of amides is 1. The summed E-state index contributed by atoms with van der Waals surface area (Å²) in [7, 11) is -1.97. The molecule has 8 nitrogen and oxygen atoms in total. The molecule has 2 rings (SSSR count). The summed E-state index contributed by atoms with van der Waals surface area (Å²) in [6.45, 7) is 5.25. The number of nitrogens with zero attached hydrogens (tertiary/aromatic N) is 1. The van der Waals surface area contributed by atoms with Gasteiger partial charge in [-0.3, -0.25) is 8.98 Å². The van der Waals surface area contributed by atoms with Crippen LogP contribution in [0.3, 0.4) is 0 Å². The third kappa shape index (κ3) is 7.64. The van der Waals surface area contributed by atoms with Gasteiger partial charge in [0, 0.05) is 24.7 Å². The zero-order valence-corrected chi connectivity index (χ0v) is 21.6. The van der Waals surface area contributed by atoms with E-state index in [0.717, 1.165) is 37.1 Å². The predicted molar refractivity (Wildman–Crippen MR) is 132 cm³/mol. The average Bonchev–Trinajstić information content (AvgIpc) is 3.22. The topological polar surface area (TPSA) is 108 Å². The third-order valence-corrected chi connectivity index (χ3v) is 8.31. The van der Waals surface area contributed by atoms with Gasteiger partial charge in [0.15, 0.2) is 11.5 Å². The van der Waals surface area contributed by atoms with Crippen LogP contribution >= 0.6 is 23.5 Å². The van der Waals surface area contributed by atoms with E-state index in [1.54, 1.807) is 12.1 Å². The number of carbonyl (C=O) groups excluding carboxylic acids is 1. The van der Waals surface area contributed by atoms with E-state index in [0.29, 0.717) is 33.8 Å². The van der Waals surface area contributed by atoms with Gasteiger partial charge in [0.05, 0.1) is 42.8 Å². The van der Waals surface area contributed by atoms with E-state index in [1.165, 1.54) is 7.11 Å². The Labute approximate surface area is 200 Å². The molecule has 1 aromatic carbocycles. The maximum absolute atomic E-state index is 13.4. The maximum atomic E-state index is 13.4. The van der Waals surface area contributed by atoms with Gasteiger partial charge in [-0.05, 0) is 30.4 Å². The second kappa shape index (κ2) is 12.8. The lowest BCUT2D eigenvalue weighted by atomic mass is 10.1. The SMILES string of the molecule is CCSC(SCC)[C@@H]1CCCN1C(=O)c1cc(OC)c(OCCCOS(C)(=O)=O)cc1N. The van der Waals surface area contributed by atoms with Crippen molar-refractivity contribution in [2.75, 3.05) is 50.4 Å². The van der Waals surface area contributed by atoms with E-state index in [4.69, 9.17) is 19.4 Å². The molecule has 0 aliphatic carbocycles. The molecule has 1 amide bonds. The van der Waals surface area contributed by atoms with Crippen LogP contribution in [0, 0.1) is 0 Å². The van der Waals surface area contributed by atoms with Crippen LogP contribution in [-0.2, 0) is 14.3 Å². The molecular weight excluding hydrogens is 472 g/mol. The van der Waals surface area contributed by atoms with E-state index < -0.39 is 10.1 Å². The van der Waals surface area contributed by atoms with Gasteiger partial charge >= 0.3 is 0 Å². The van der Waals surface area contributed by atoms with Crippen molar-refractivity contribution in [1.82, 2.24) is 4.90 Å². The monoisotopic (exact) mass is 506 g/mol. The number of ether oxygens (including phenoxy) is 2. The fraction of sp³-hybridized carbons (Fsp3) is 0.667. The molecule has 11 heteroatoms. The van der Waals surface area contributed by atoms with Crippen molar-refractivity contribution in [1.29, 1.82) is 0 Å². The quantitative estimate of drug-likeness (QED) is 0.186. The Hall–Kier alpha value is -1.30. The summed E-state index contributed by atoms with van der Waals surface area (Å²) in [4.78, 5) is 15.4. The minimum absolute atomic E-state index is 0.0241. The Bertz CT molecular complexity index is 859. The molecule has 1 aliphatic heterocycles. The minimum atomic E-state index is -3.48. The highest BCUT2D eigenvalue weighted by molar-refractivity contribution is 8.17. The fourth-order valence-corrected chi connectivity index (χ4v) is 6.86. The Morgan fingerprint density at radius 1 is 1.22 bits per heavy atom. The van der Waals surface area contributed by atoms with Crippen LogP contribution in [0.4, 0.5) is 5.69 Å². The molecule has 0 saturated carbocycles. The number of thioether (sulfide) groups is 2. The third-order valence-electron chi connectivity index (χ3n) is 4.95. The van der Waals surface area contributed by atoms with Crippen LogP contribution in [0.2, 0.25) is 0 Å². The minimum Gasteiger partial charge on any atom is -0.493 e. The molecule has 0 radical (unpaired) electrons. The molecule has 32 heavy (non-hydrogen) atoms. The summed E-state index contributed by atoms with van der Waals surface area (Å²) in [5.74, 6) is 2.74. The maximum Gasteiger partial charge on any atom is 0.264 e. The van der Waals surface area contributed by atoms with Crippen molar-refractivity contribution < 1.29 is 26.9 Å². The van der Waals surface area contributed by atoms with E-state index in [1.807, 2.05) is 28.4 Å². The van der Waals surface area contributed by atoms with Crippen molar-refractivity contribution in [2.24, 2.45) is 0 Å². The summed E-state index contributed by atoms with van der Waals surface area (Å²) in [6.07, 6.45) is 3.35. The summed E-state index contributed by atoms with van der Waals surface area (Å²) < 4.78 is 38.2. The molecule has 0 unspecified atom stereocenters. The first kappa shape index (κ1) is 26.9. The van der Waals surface area contributed by atoms with Crippen LogP contribution in [0.1, 0.15) is 43.5 Å². The molecule has 1 aliphatic rings. The Kier molecular flexibility index (Phi) is 10.8. The second-order valence-electron chi connectivity index (χ2n) is 7.31. The Balaban J connectivity index is 2.12. The van der Waals surface area contributed by atoms with Gasteiger partial charge in [-0.2, -0.15) is 8.42 Å². The predicted octanol–water partition coefficient (Wildman–Crippen LogP) is 3.46. The molecule has 1 saturated heterocycles. The number of hydrogen-bond acceptors (Lipinski definition) is 9. The molecule has 2 N–H and O–H groups in total. The van der Waals surface area contributed by atoms with Gasteiger partial charge in [-0.25, -0.2) is 0 Å². The lowest BCUT2D eigenvalue weighted by molar-refractivity contribution is 0.0746. The van der Waals surface area contributed by atoms with Gasteiger partial charge in [-0.15, -0.1) is 23.5 Å². The summed E-state index contributed by atoms with van der Waals surface area (Å²) in [5.41, 5.74) is 6.97. The number of hydrogen-bond donors (Lipinski definition) is 1. The van der Waals surface area contributed by atoms with Crippen LogP contribution in [0.15, 0.2) is 12.1 Å². The normalized spacial score (nSPS) is 16.5. The number of anilines is 1. The second-order valence-corrected chi connectivity index (χ2v) is 12.1. The average molecular weight is 507 g/mol. The number of carbonyl (C=O) groups is 1. The van der Waals surface area contributed by atoms with Gasteiger partial charge in [0.25, 0.3) is 16.0 Å². The van der Waals surface area contributed by atoms with Crippen LogP contribution in [-0.4, -0.2) is 74.5 Å². The van der Waals surface area contributed by atoms with E-state index in [9.17, 15) is 13.2 Å². The van der Waals surface area contributed by atoms with Gasteiger partial charge in [0.1, 0.15) is 0 Å². The molecular formula is C21H34N2O6S3. The number of nitrogen functional groups attached to an aromatic ring is 1. The smallest absolute Gasteiger partial charge is 0.264 e. The summed E-state index contributed by atoms with van der Waals surface area (Å²) >= 11 is 3.78. The zero-order valence-electron chi connectivity index (χ0n) is 19.2. The van der Waals surface area contributed by atoms with Gasteiger partial charge in [0.2, 0.25) is 0 Å². The first-order valence-electron chi connectivity index (χ1n) is 10.7. The lowest BCUT2D eigenvalue weighted by Crippen LogP contribution is -2.41. The van der Waals surface area contributed by atoms with Crippen molar-refractivity contribution >= 4 is 45.2 Å². The highest BCUT2D eigenvalue weighted by Gasteiger charge is 2.36. The first-order chi connectivity index (χ1) is 15.2. The molecule has 1 aromatic rings. The standard InChI is InChI=1S/C21H34N2O6S3/c1-5-30-21(31-6-2)17-9-7-10-23(17)20(24)15-13-18(27-3)19(14-16(15)22)28-11-8-12-29-32(4,25)26/h13-14,17,21H,5-12,22H2,1-4H3/t17-/m0/s1. The zero-order chi connectivity index (χ0) is 23.7. The molecule has 0 aromatic heterocycles. The summed E-state index contributed by atoms with van der Waals surface area (Å²) in [6, 6.07) is 3.39. The summed E-state index contributed by atoms with van der Waals surface area (Å²) in [5, 5.41) is 0. The fourth-order valence-electron chi connectivity index (χ4n) is 3.57. The molecule has 1 heterocycles. The van der Waals surface area contributed by atoms with E-state index >= 15 is 0 Å². The van der Waals surface area contributed by atoms with E-state index in [2.05, 4.69) is 13.8 Å². The molecule has 1 fully saturated rings. The van der Waals surface area contributed by atoms with Crippen molar-refractivity contribution in [3.05, 3.63) is 17.7 Å². The number of likely N-dealkylation sites (tertiary alicyclic amines) is 1. The molecule has 0 spiro atoms.